The van der Waals surface area contributed by atoms with E-state index in [2.05, 4.69) is 26.6 Å². The second-order valence-electron chi connectivity index (χ2n) is 8.02. The molecule has 6 nitrogen and oxygen atoms in total. The van der Waals surface area contributed by atoms with Gasteiger partial charge in [-0.2, -0.15) is 0 Å². The van der Waals surface area contributed by atoms with Crippen LogP contribution in [0.4, 0.5) is 28.4 Å². The maximum Gasteiger partial charge on any atom is 0.255 e. The first kappa shape index (κ1) is 28.9. The molecular weight excluding hydrogens is 616 g/mol. The SMILES string of the molecule is O=C(Nc1ccc(NC(=S)Nc2ccc(Cl)c(Cl)c2)cc1)c1ccc(NC(=S)Nc2ccc(Cl)c(Cl)c2)cc1. The Morgan fingerprint density at radius 3 is 1.21 bits per heavy atom. The van der Waals surface area contributed by atoms with Crippen LogP contribution in [0.15, 0.2) is 84.9 Å². The summed E-state index contributed by atoms with van der Waals surface area (Å²) in [4.78, 5) is 12.7. The fourth-order valence-electron chi connectivity index (χ4n) is 3.28. The molecule has 39 heavy (non-hydrogen) atoms. The number of thiocarbonyl (C=S) groups is 2. The minimum absolute atomic E-state index is 0.254. The van der Waals surface area contributed by atoms with E-state index in [-0.39, 0.29) is 5.91 Å². The van der Waals surface area contributed by atoms with Crippen molar-refractivity contribution in [3.8, 4) is 0 Å². The van der Waals surface area contributed by atoms with Crippen LogP contribution in [0.2, 0.25) is 20.1 Å². The second kappa shape index (κ2) is 13.3. The van der Waals surface area contributed by atoms with Crippen LogP contribution in [0.25, 0.3) is 0 Å². The average molecular weight is 635 g/mol. The molecule has 4 aromatic rings. The van der Waals surface area contributed by atoms with Crippen molar-refractivity contribution in [1.82, 2.24) is 0 Å². The van der Waals surface area contributed by atoms with E-state index in [1.807, 2.05) is 0 Å². The fraction of sp³-hybridized carbons (Fsp3) is 0. The van der Waals surface area contributed by atoms with Gasteiger partial charge in [-0.3, -0.25) is 4.79 Å². The summed E-state index contributed by atoms with van der Waals surface area (Å²) in [5.41, 5.74) is 3.97. The monoisotopic (exact) mass is 633 g/mol. The Labute approximate surface area is 256 Å². The molecule has 0 saturated heterocycles. The fourth-order valence-corrected chi connectivity index (χ4v) is 4.35. The summed E-state index contributed by atoms with van der Waals surface area (Å²) < 4.78 is 0. The van der Waals surface area contributed by atoms with Gasteiger partial charge in [0.05, 0.1) is 20.1 Å². The number of anilines is 5. The van der Waals surface area contributed by atoms with Crippen LogP contribution in [-0.2, 0) is 0 Å². The summed E-state index contributed by atoms with van der Waals surface area (Å²) in [7, 11) is 0. The summed E-state index contributed by atoms with van der Waals surface area (Å²) >= 11 is 34.6. The van der Waals surface area contributed by atoms with Gasteiger partial charge >= 0.3 is 0 Å². The molecule has 0 radical (unpaired) electrons. The molecule has 5 N–H and O–H groups in total. The summed E-state index contributed by atoms with van der Waals surface area (Å²) in [5.74, 6) is -0.254. The molecule has 4 aromatic carbocycles. The highest BCUT2D eigenvalue weighted by Gasteiger charge is 2.08. The molecule has 1 amide bonds. The Hall–Kier alpha value is -3.11. The maximum absolute atomic E-state index is 12.7. The summed E-state index contributed by atoms with van der Waals surface area (Å²) in [6.07, 6.45) is 0. The van der Waals surface area contributed by atoms with Crippen LogP contribution >= 0.6 is 70.8 Å². The van der Waals surface area contributed by atoms with Crippen molar-refractivity contribution in [2.45, 2.75) is 0 Å². The zero-order valence-electron chi connectivity index (χ0n) is 19.8. The largest absolute Gasteiger partial charge is 0.332 e. The molecule has 0 unspecified atom stereocenters. The number of halogens is 4. The molecule has 0 spiro atoms. The minimum Gasteiger partial charge on any atom is -0.332 e. The quantitative estimate of drug-likeness (QED) is 0.135. The third-order valence-electron chi connectivity index (χ3n) is 5.16. The molecule has 0 atom stereocenters. The van der Waals surface area contributed by atoms with Gasteiger partial charge in [0, 0.05) is 34.0 Å². The second-order valence-corrected chi connectivity index (χ2v) is 10.5. The normalized spacial score (nSPS) is 10.4. The zero-order valence-corrected chi connectivity index (χ0v) is 24.5. The molecule has 0 bridgehead atoms. The van der Waals surface area contributed by atoms with Gasteiger partial charge in [0.2, 0.25) is 0 Å². The van der Waals surface area contributed by atoms with Crippen LogP contribution in [0.3, 0.4) is 0 Å². The van der Waals surface area contributed by atoms with Crippen molar-refractivity contribution < 1.29 is 4.79 Å². The summed E-state index contributed by atoms with van der Waals surface area (Å²) in [5, 5.41) is 17.6. The zero-order chi connectivity index (χ0) is 27.9. The molecule has 0 aliphatic heterocycles. The number of nitrogens with one attached hydrogen (secondary N) is 5. The molecule has 0 saturated carbocycles. The van der Waals surface area contributed by atoms with E-state index in [9.17, 15) is 4.79 Å². The Kier molecular flexibility index (Phi) is 9.85. The van der Waals surface area contributed by atoms with Crippen molar-refractivity contribution in [2.24, 2.45) is 0 Å². The van der Waals surface area contributed by atoms with E-state index < -0.39 is 0 Å². The highest BCUT2D eigenvalue weighted by molar-refractivity contribution is 7.81. The molecule has 0 aliphatic rings. The number of amides is 1. The summed E-state index contributed by atoms with van der Waals surface area (Å²) in [6.45, 7) is 0. The van der Waals surface area contributed by atoms with Crippen LogP contribution < -0.4 is 26.6 Å². The van der Waals surface area contributed by atoms with Crippen molar-refractivity contribution in [1.29, 1.82) is 0 Å². The lowest BCUT2D eigenvalue weighted by atomic mass is 10.2. The van der Waals surface area contributed by atoms with Crippen LogP contribution in [0, 0.1) is 0 Å². The molecule has 0 fully saturated rings. The van der Waals surface area contributed by atoms with Crippen LogP contribution in [0.1, 0.15) is 10.4 Å². The van der Waals surface area contributed by atoms with Gasteiger partial charge in [0.1, 0.15) is 0 Å². The Morgan fingerprint density at radius 1 is 0.462 bits per heavy atom. The van der Waals surface area contributed by atoms with Crippen molar-refractivity contribution >= 4 is 115 Å². The van der Waals surface area contributed by atoms with Gasteiger partial charge < -0.3 is 26.6 Å². The van der Waals surface area contributed by atoms with Gasteiger partial charge in [-0.05, 0) is 109 Å². The highest BCUT2D eigenvalue weighted by Crippen LogP contribution is 2.26. The Morgan fingerprint density at radius 2 is 0.795 bits per heavy atom. The van der Waals surface area contributed by atoms with Gasteiger partial charge in [-0.15, -0.1) is 0 Å². The van der Waals surface area contributed by atoms with Crippen molar-refractivity contribution in [3.63, 3.8) is 0 Å². The molecular formula is C27H19Cl4N5OS2. The van der Waals surface area contributed by atoms with Gasteiger partial charge in [0.15, 0.2) is 10.2 Å². The number of benzene rings is 4. The number of hydrogen-bond donors (Lipinski definition) is 5. The highest BCUT2D eigenvalue weighted by atomic mass is 35.5. The lowest BCUT2D eigenvalue weighted by Gasteiger charge is -2.12. The molecule has 198 valence electrons. The number of carbonyl (C=O) groups excluding carboxylic acids is 1. The predicted molar refractivity (Wildman–Crippen MR) is 173 cm³/mol. The first-order valence-corrected chi connectivity index (χ1v) is 13.6. The van der Waals surface area contributed by atoms with Gasteiger partial charge in [-0.1, -0.05) is 46.4 Å². The van der Waals surface area contributed by atoms with E-state index in [1.54, 1.807) is 84.9 Å². The average Bonchev–Trinajstić information content (AvgIpc) is 2.90. The van der Waals surface area contributed by atoms with Gasteiger partial charge in [-0.25, -0.2) is 0 Å². The van der Waals surface area contributed by atoms with E-state index in [0.29, 0.717) is 58.6 Å². The standard InChI is InChI=1S/C27H19Cl4N5OS2/c28-21-11-9-19(13-23(21)30)35-26(38)33-17-3-1-15(2-4-17)25(37)32-16-5-7-18(8-6-16)34-27(39)36-20-10-12-22(29)24(31)14-20/h1-14H,(H,32,37)(H2,33,35,38)(H2,34,36,39). The Balaban J connectivity index is 1.27. The molecule has 12 heteroatoms. The smallest absolute Gasteiger partial charge is 0.255 e. The minimum atomic E-state index is -0.254. The number of carbonyl (C=O) groups is 1. The third-order valence-corrected chi connectivity index (χ3v) is 7.05. The van der Waals surface area contributed by atoms with E-state index >= 15 is 0 Å². The van der Waals surface area contributed by atoms with Crippen molar-refractivity contribution in [3.05, 3.63) is 111 Å². The molecule has 0 aliphatic carbocycles. The lowest BCUT2D eigenvalue weighted by Crippen LogP contribution is -2.19. The number of hydrogen-bond acceptors (Lipinski definition) is 3. The molecule has 0 aromatic heterocycles. The molecule has 0 heterocycles. The Bertz CT molecular complexity index is 1530. The van der Waals surface area contributed by atoms with Crippen LogP contribution in [-0.4, -0.2) is 16.1 Å². The maximum atomic E-state index is 12.7. The topological polar surface area (TPSA) is 77.2 Å². The van der Waals surface area contributed by atoms with Crippen LogP contribution in [0.5, 0.6) is 0 Å². The van der Waals surface area contributed by atoms with E-state index in [0.717, 1.165) is 5.69 Å². The van der Waals surface area contributed by atoms with E-state index in [4.69, 9.17) is 70.8 Å². The van der Waals surface area contributed by atoms with Crippen molar-refractivity contribution in [2.75, 3.05) is 26.6 Å². The lowest BCUT2D eigenvalue weighted by molar-refractivity contribution is 0.102. The first-order valence-electron chi connectivity index (χ1n) is 11.2. The molecule has 4 rings (SSSR count). The van der Waals surface area contributed by atoms with Gasteiger partial charge in [0.25, 0.3) is 5.91 Å². The summed E-state index contributed by atoms with van der Waals surface area (Å²) in [6, 6.07) is 24.3. The number of rotatable bonds is 6. The van der Waals surface area contributed by atoms with E-state index in [1.165, 1.54) is 0 Å². The third kappa shape index (κ3) is 8.44. The first-order chi connectivity index (χ1) is 18.7. The predicted octanol–water partition coefficient (Wildman–Crippen LogP) is 9.17.